The minimum absolute atomic E-state index is 0.00866. The number of carbonyl (C=O) groups excluding carboxylic acids is 1. The summed E-state index contributed by atoms with van der Waals surface area (Å²) < 4.78 is 0. The molecule has 1 heterocycles. The summed E-state index contributed by atoms with van der Waals surface area (Å²) in [6, 6.07) is -0.0186. The van der Waals surface area contributed by atoms with Crippen molar-refractivity contribution < 1.29 is 4.79 Å². The molecule has 0 aromatic heterocycles. The summed E-state index contributed by atoms with van der Waals surface area (Å²) >= 11 is 0. The average Bonchev–Trinajstić information content (AvgIpc) is 1.86. The Morgan fingerprint density at radius 3 is 2.60 bits per heavy atom. The third kappa shape index (κ3) is 1.29. The van der Waals surface area contributed by atoms with Gasteiger partial charge in [0.25, 0.3) is 0 Å². The lowest BCUT2D eigenvalue weighted by Crippen LogP contribution is -2.66. The molecule has 0 aliphatic carbocycles. The second-order valence-electron chi connectivity index (χ2n) is 3.27. The smallest absolute Gasteiger partial charge is 0.239 e. The fourth-order valence-corrected chi connectivity index (χ4v) is 1.17. The molecule has 3 nitrogen and oxygen atoms in total. The van der Waals surface area contributed by atoms with Crippen molar-refractivity contribution in [2.24, 2.45) is 11.7 Å². The van der Waals surface area contributed by atoms with Crippen LogP contribution in [0.5, 0.6) is 0 Å². The van der Waals surface area contributed by atoms with Crippen molar-refractivity contribution in [1.29, 1.82) is 0 Å². The molecule has 0 bridgehead atoms. The molecule has 2 atom stereocenters. The van der Waals surface area contributed by atoms with Crippen LogP contribution in [0.2, 0.25) is 0 Å². The lowest BCUT2D eigenvalue weighted by molar-refractivity contribution is -0.130. The van der Waals surface area contributed by atoms with Crippen molar-refractivity contribution in [3.63, 3.8) is 0 Å². The Hall–Kier alpha value is -0.570. The molecule has 10 heavy (non-hydrogen) atoms. The number of hydrogen-bond acceptors (Lipinski definition) is 2. The molecule has 58 valence electrons. The van der Waals surface area contributed by atoms with E-state index in [1.165, 1.54) is 0 Å². The minimum atomic E-state index is -0.248. The lowest BCUT2D eigenvalue weighted by atomic mass is 9.91. The summed E-state index contributed by atoms with van der Waals surface area (Å²) in [4.78, 5) is 10.6. The van der Waals surface area contributed by atoms with E-state index in [0.717, 1.165) is 6.42 Å². The highest BCUT2D eigenvalue weighted by atomic mass is 16.2. The van der Waals surface area contributed by atoms with Gasteiger partial charge in [-0.2, -0.15) is 0 Å². The van der Waals surface area contributed by atoms with Crippen molar-refractivity contribution in [1.82, 2.24) is 5.32 Å². The van der Waals surface area contributed by atoms with Crippen LogP contribution >= 0.6 is 0 Å². The molecule has 1 aliphatic rings. The van der Waals surface area contributed by atoms with Gasteiger partial charge in [-0.1, -0.05) is 13.8 Å². The third-order valence-corrected chi connectivity index (χ3v) is 1.79. The number of rotatable bonds is 2. The van der Waals surface area contributed by atoms with Crippen LogP contribution in [0.25, 0.3) is 0 Å². The fourth-order valence-electron chi connectivity index (χ4n) is 1.17. The van der Waals surface area contributed by atoms with Crippen LogP contribution in [0.15, 0.2) is 0 Å². The first kappa shape index (κ1) is 7.54. The van der Waals surface area contributed by atoms with E-state index < -0.39 is 0 Å². The molecule has 1 saturated heterocycles. The van der Waals surface area contributed by atoms with E-state index in [4.69, 9.17) is 5.73 Å². The predicted octanol–water partition coefficient (Wildman–Crippen LogP) is -0.142. The summed E-state index contributed by atoms with van der Waals surface area (Å²) in [7, 11) is 0. The maximum Gasteiger partial charge on any atom is 0.239 e. The molecule has 0 saturated carbocycles. The maximum atomic E-state index is 10.6. The van der Waals surface area contributed by atoms with E-state index >= 15 is 0 Å². The van der Waals surface area contributed by atoms with E-state index in [9.17, 15) is 4.79 Å². The second kappa shape index (κ2) is 2.58. The van der Waals surface area contributed by atoms with Gasteiger partial charge in [0.15, 0.2) is 0 Å². The van der Waals surface area contributed by atoms with Gasteiger partial charge in [-0.3, -0.25) is 4.79 Å². The molecule has 0 unspecified atom stereocenters. The molecular formula is C7H14N2O. The van der Waals surface area contributed by atoms with Gasteiger partial charge in [0.05, 0.1) is 6.04 Å². The predicted molar refractivity (Wildman–Crippen MR) is 39.4 cm³/mol. The summed E-state index contributed by atoms with van der Waals surface area (Å²) in [5, 5.41) is 2.76. The molecule has 0 aromatic carbocycles. The molecular weight excluding hydrogens is 128 g/mol. The highest BCUT2D eigenvalue weighted by Crippen LogP contribution is 2.13. The second-order valence-corrected chi connectivity index (χ2v) is 3.27. The summed E-state index contributed by atoms with van der Waals surface area (Å²) in [6.45, 7) is 4.24. The Labute approximate surface area is 61.0 Å². The topological polar surface area (TPSA) is 55.1 Å². The third-order valence-electron chi connectivity index (χ3n) is 1.79. The first-order chi connectivity index (χ1) is 4.61. The van der Waals surface area contributed by atoms with Gasteiger partial charge < -0.3 is 11.1 Å². The average molecular weight is 142 g/mol. The highest BCUT2D eigenvalue weighted by Gasteiger charge is 2.35. The quantitative estimate of drug-likeness (QED) is 0.527. The molecule has 0 radical (unpaired) electrons. The highest BCUT2D eigenvalue weighted by molar-refractivity contribution is 5.88. The molecule has 0 spiro atoms. The van der Waals surface area contributed by atoms with E-state index in [-0.39, 0.29) is 18.0 Å². The van der Waals surface area contributed by atoms with Gasteiger partial charge in [0.1, 0.15) is 6.04 Å². The van der Waals surface area contributed by atoms with E-state index in [1.54, 1.807) is 0 Å². The number of nitrogens with two attached hydrogens (primary N) is 1. The molecule has 1 fully saturated rings. The Bertz CT molecular complexity index is 145. The van der Waals surface area contributed by atoms with Gasteiger partial charge >= 0.3 is 0 Å². The van der Waals surface area contributed by atoms with Crippen LogP contribution in [0.4, 0.5) is 0 Å². The van der Waals surface area contributed by atoms with E-state index in [1.807, 2.05) is 0 Å². The number of carbonyl (C=O) groups is 1. The normalized spacial score (nSPS) is 31.8. The summed E-state index contributed by atoms with van der Waals surface area (Å²) in [5.74, 6) is 0.599. The van der Waals surface area contributed by atoms with Crippen LogP contribution < -0.4 is 11.1 Å². The van der Waals surface area contributed by atoms with Crippen molar-refractivity contribution >= 4 is 5.91 Å². The van der Waals surface area contributed by atoms with Crippen LogP contribution in [-0.4, -0.2) is 18.0 Å². The maximum absolute atomic E-state index is 10.6. The zero-order valence-electron chi connectivity index (χ0n) is 6.42. The molecule has 0 aromatic rings. The van der Waals surface area contributed by atoms with Crippen molar-refractivity contribution in [3.8, 4) is 0 Å². The lowest BCUT2D eigenvalue weighted by Gasteiger charge is -2.34. The van der Waals surface area contributed by atoms with Crippen molar-refractivity contribution in [2.75, 3.05) is 0 Å². The number of amides is 1. The zero-order valence-corrected chi connectivity index (χ0v) is 6.42. The zero-order chi connectivity index (χ0) is 7.72. The first-order valence-corrected chi connectivity index (χ1v) is 3.67. The number of β-lactam (4-membered cyclic amide) rings is 1. The Morgan fingerprint density at radius 2 is 2.30 bits per heavy atom. The van der Waals surface area contributed by atoms with Crippen LogP contribution in [0, 0.1) is 5.92 Å². The largest absolute Gasteiger partial charge is 0.350 e. The van der Waals surface area contributed by atoms with Gasteiger partial charge in [0.2, 0.25) is 5.91 Å². The van der Waals surface area contributed by atoms with Crippen molar-refractivity contribution in [3.05, 3.63) is 0 Å². The fraction of sp³-hybridized carbons (Fsp3) is 0.857. The molecule has 3 heteroatoms. The standard InChI is InChI=1S/C7H14N2O/c1-4(2)3-5-6(8)7(10)9-5/h4-6H,3,8H2,1-2H3,(H,9,10)/t5-,6-/m0/s1. The Kier molecular flexibility index (Phi) is 1.94. The Morgan fingerprint density at radius 1 is 1.70 bits per heavy atom. The van der Waals surface area contributed by atoms with E-state index in [0.29, 0.717) is 5.92 Å². The van der Waals surface area contributed by atoms with Crippen LogP contribution in [0.3, 0.4) is 0 Å². The Balaban J connectivity index is 2.27. The number of hydrogen-bond donors (Lipinski definition) is 2. The first-order valence-electron chi connectivity index (χ1n) is 3.67. The minimum Gasteiger partial charge on any atom is -0.350 e. The van der Waals surface area contributed by atoms with E-state index in [2.05, 4.69) is 19.2 Å². The van der Waals surface area contributed by atoms with Gasteiger partial charge in [-0.15, -0.1) is 0 Å². The van der Waals surface area contributed by atoms with Crippen molar-refractivity contribution in [2.45, 2.75) is 32.4 Å². The monoisotopic (exact) mass is 142 g/mol. The van der Waals surface area contributed by atoms with Gasteiger partial charge in [0, 0.05) is 0 Å². The van der Waals surface area contributed by atoms with Crippen LogP contribution in [0.1, 0.15) is 20.3 Å². The number of nitrogens with one attached hydrogen (secondary N) is 1. The molecule has 1 rings (SSSR count). The molecule has 3 N–H and O–H groups in total. The summed E-state index contributed by atoms with van der Waals surface area (Å²) in [6.07, 6.45) is 0.993. The van der Waals surface area contributed by atoms with Crippen LogP contribution in [-0.2, 0) is 4.79 Å². The summed E-state index contributed by atoms with van der Waals surface area (Å²) in [5.41, 5.74) is 5.50. The SMILES string of the molecule is CC(C)C[C@@H]1NC(=O)[C@H]1N. The van der Waals surface area contributed by atoms with Gasteiger partial charge in [-0.05, 0) is 12.3 Å². The molecule has 1 amide bonds. The molecule has 1 aliphatic heterocycles. The van der Waals surface area contributed by atoms with Gasteiger partial charge in [-0.25, -0.2) is 0 Å².